The molecule has 2 fully saturated rings. The first kappa shape index (κ1) is 17.0. The summed E-state index contributed by atoms with van der Waals surface area (Å²) in [5.41, 5.74) is 0. The van der Waals surface area contributed by atoms with Crippen molar-refractivity contribution < 1.29 is 40.1 Å². The second-order valence-corrected chi connectivity index (χ2v) is 5.46. The smallest absolute Gasteiger partial charge is 0.187 e. The van der Waals surface area contributed by atoms with Crippen LogP contribution in [0.25, 0.3) is 0 Å². The van der Waals surface area contributed by atoms with E-state index in [1.807, 2.05) is 0 Å². The van der Waals surface area contributed by atoms with Crippen LogP contribution in [0.5, 0.6) is 0 Å². The zero-order valence-electron chi connectivity index (χ0n) is 11.4. The summed E-state index contributed by atoms with van der Waals surface area (Å²) in [6.45, 7) is -0.0445. The predicted molar refractivity (Wildman–Crippen MR) is 68.1 cm³/mol. The van der Waals surface area contributed by atoms with E-state index in [1.165, 1.54) is 0 Å². The molecular weight excluding hydrogens is 286 g/mol. The number of ether oxygens (including phenoxy) is 2. The molecule has 7 N–H and O–H groups in total. The largest absolute Gasteiger partial charge is 0.396 e. The average Bonchev–Trinajstić information content (AvgIpc) is 2.49. The molecule has 0 saturated carbocycles. The number of piperidine rings is 1. The highest BCUT2D eigenvalue weighted by atomic mass is 16.7. The fourth-order valence-electron chi connectivity index (χ4n) is 2.61. The van der Waals surface area contributed by atoms with Gasteiger partial charge in [-0.3, -0.25) is 0 Å². The molecule has 9 nitrogen and oxygen atoms in total. The predicted octanol–water partition coefficient (Wildman–Crippen LogP) is -4.26. The molecule has 0 aromatic rings. The number of hydrogen-bond acceptors (Lipinski definition) is 9. The molecule has 9 heteroatoms. The quantitative estimate of drug-likeness (QED) is 0.274. The first-order valence-electron chi connectivity index (χ1n) is 6.95. The highest BCUT2D eigenvalue weighted by Gasteiger charge is 2.46. The van der Waals surface area contributed by atoms with Gasteiger partial charge < -0.3 is 45.4 Å². The molecule has 0 radical (unpaired) electrons. The molecule has 0 unspecified atom stereocenters. The van der Waals surface area contributed by atoms with Gasteiger partial charge in [0.25, 0.3) is 0 Å². The van der Waals surface area contributed by atoms with Crippen LogP contribution < -0.4 is 5.32 Å². The van der Waals surface area contributed by atoms with E-state index in [1.54, 1.807) is 0 Å². The third kappa shape index (κ3) is 3.52. The van der Waals surface area contributed by atoms with Crippen molar-refractivity contribution in [2.45, 2.75) is 42.9 Å². The fourth-order valence-corrected chi connectivity index (χ4v) is 2.61. The lowest BCUT2D eigenvalue weighted by molar-refractivity contribution is -0.319. The van der Waals surface area contributed by atoms with E-state index in [0.717, 1.165) is 0 Å². The fraction of sp³-hybridized carbons (Fsp3) is 1.00. The van der Waals surface area contributed by atoms with Gasteiger partial charge in [-0.25, -0.2) is 0 Å². The third-order valence-electron chi connectivity index (χ3n) is 4.01. The molecule has 21 heavy (non-hydrogen) atoms. The Bertz CT molecular complexity index is 330. The topological polar surface area (TPSA) is 152 Å². The van der Waals surface area contributed by atoms with E-state index in [9.17, 15) is 20.4 Å². The Kier molecular flexibility index (Phi) is 5.88. The van der Waals surface area contributed by atoms with Crippen LogP contribution in [0, 0.1) is 5.92 Å². The third-order valence-corrected chi connectivity index (χ3v) is 4.01. The average molecular weight is 309 g/mol. The Morgan fingerprint density at radius 1 is 0.905 bits per heavy atom. The Labute approximate surface area is 121 Å². The molecule has 0 aromatic carbocycles. The van der Waals surface area contributed by atoms with Crippen LogP contribution >= 0.6 is 0 Å². The lowest BCUT2D eigenvalue weighted by Crippen LogP contribution is -2.62. The Morgan fingerprint density at radius 2 is 1.62 bits per heavy atom. The monoisotopic (exact) mass is 309 g/mol. The Hall–Kier alpha value is -0.360. The molecule has 2 aliphatic heterocycles. The van der Waals surface area contributed by atoms with Gasteiger partial charge in [0.15, 0.2) is 6.29 Å². The van der Waals surface area contributed by atoms with Crippen molar-refractivity contribution >= 4 is 0 Å². The van der Waals surface area contributed by atoms with Crippen molar-refractivity contribution in [3.8, 4) is 0 Å². The summed E-state index contributed by atoms with van der Waals surface area (Å²) in [5.74, 6) is -0.409. The van der Waals surface area contributed by atoms with E-state index in [0.29, 0.717) is 6.54 Å². The minimum absolute atomic E-state index is 0.220. The van der Waals surface area contributed by atoms with E-state index in [2.05, 4.69) is 5.32 Å². The summed E-state index contributed by atoms with van der Waals surface area (Å²) in [5, 5.41) is 60.5. The van der Waals surface area contributed by atoms with Gasteiger partial charge in [-0.1, -0.05) is 0 Å². The van der Waals surface area contributed by atoms with E-state index < -0.39 is 55.4 Å². The Morgan fingerprint density at radius 3 is 2.24 bits per heavy atom. The van der Waals surface area contributed by atoms with Gasteiger partial charge in [0.2, 0.25) is 0 Å². The Balaban J connectivity index is 2.00. The van der Waals surface area contributed by atoms with Crippen LogP contribution in [0.4, 0.5) is 0 Å². The van der Waals surface area contributed by atoms with E-state index in [-0.39, 0.29) is 13.2 Å². The van der Waals surface area contributed by atoms with Gasteiger partial charge in [-0.05, 0) is 0 Å². The standard InChI is InChI=1S/C12H23NO8/c14-3-5-1-13-2-6(8(5)16)20-12-11(19)10(18)9(17)7(4-15)21-12/h5-19H,1-4H2/t5-,6-,7-,8-,9-,10+,11-,12+/m1/s1. The molecule has 2 saturated heterocycles. The van der Waals surface area contributed by atoms with Crippen LogP contribution in [0.15, 0.2) is 0 Å². The summed E-state index contributed by atoms with van der Waals surface area (Å²) in [6.07, 6.45) is -8.55. The molecule has 0 bridgehead atoms. The number of hydrogen-bond donors (Lipinski definition) is 7. The summed E-state index contributed by atoms with van der Waals surface area (Å²) in [4.78, 5) is 0. The molecule has 2 aliphatic rings. The van der Waals surface area contributed by atoms with Crippen molar-refractivity contribution in [1.82, 2.24) is 5.32 Å². The molecule has 0 aliphatic carbocycles. The van der Waals surface area contributed by atoms with Crippen LogP contribution in [0.2, 0.25) is 0 Å². The first-order valence-corrected chi connectivity index (χ1v) is 6.95. The van der Waals surface area contributed by atoms with E-state index in [4.69, 9.17) is 19.7 Å². The lowest BCUT2D eigenvalue weighted by Gasteiger charge is -2.43. The second kappa shape index (κ2) is 7.27. The summed E-state index contributed by atoms with van der Waals surface area (Å²) in [6, 6.07) is 0. The minimum Gasteiger partial charge on any atom is -0.396 e. The SMILES string of the molecule is OC[C@H]1CNC[C@@H](O[C@H]2O[C@H](CO)[C@@H](O)[C@H](O)[C@H]2O)[C@@H]1O. The number of nitrogens with one attached hydrogen (secondary N) is 1. The summed E-state index contributed by atoms with van der Waals surface area (Å²) in [7, 11) is 0. The van der Waals surface area contributed by atoms with Gasteiger partial charge in [0.05, 0.1) is 18.8 Å². The molecular formula is C12H23NO8. The highest BCUT2D eigenvalue weighted by molar-refractivity contribution is 4.91. The molecule has 0 amide bonds. The van der Waals surface area contributed by atoms with Gasteiger partial charge in [0, 0.05) is 25.6 Å². The maximum Gasteiger partial charge on any atom is 0.187 e. The molecule has 2 heterocycles. The zero-order chi connectivity index (χ0) is 15.6. The molecule has 0 spiro atoms. The molecule has 0 aromatic heterocycles. The normalized spacial score (nSPS) is 48.3. The van der Waals surface area contributed by atoms with Crippen molar-refractivity contribution in [2.75, 3.05) is 26.3 Å². The number of aliphatic hydroxyl groups is 6. The van der Waals surface area contributed by atoms with Crippen LogP contribution in [-0.4, -0.2) is 99.9 Å². The zero-order valence-corrected chi connectivity index (χ0v) is 11.4. The number of aliphatic hydroxyl groups excluding tert-OH is 6. The van der Waals surface area contributed by atoms with Crippen LogP contribution in [0.3, 0.4) is 0 Å². The molecule has 124 valence electrons. The lowest BCUT2D eigenvalue weighted by atomic mass is 9.94. The van der Waals surface area contributed by atoms with Gasteiger partial charge >= 0.3 is 0 Å². The highest BCUT2D eigenvalue weighted by Crippen LogP contribution is 2.25. The first-order chi connectivity index (χ1) is 9.99. The summed E-state index contributed by atoms with van der Waals surface area (Å²) >= 11 is 0. The van der Waals surface area contributed by atoms with Crippen molar-refractivity contribution in [3.05, 3.63) is 0 Å². The van der Waals surface area contributed by atoms with Crippen LogP contribution in [-0.2, 0) is 9.47 Å². The number of rotatable bonds is 4. The molecule has 2 rings (SSSR count). The summed E-state index contributed by atoms with van der Waals surface area (Å²) < 4.78 is 10.7. The molecule has 8 atom stereocenters. The van der Waals surface area contributed by atoms with Crippen molar-refractivity contribution in [1.29, 1.82) is 0 Å². The van der Waals surface area contributed by atoms with Crippen molar-refractivity contribution in [3.63, 3.8) is 0 Å². The van der Waals surface area contributed by atoms with Gasteiger partial charge in [0.1, 0.15) is 24.4 Å². The van der Waals surface area contributed by atoms with Gasteiger partial charge in [-0.2, -0.15) is 0 Å². The maximum absolute atomic E-state index is 10.1. The van der Waals surface area contributed by atoms with Gasteiger partial charge in [-0.15, -0.1) is 0 Å². The minimum atomic E-state index is -1.52. The maximum atomic E-state index is 10.1. The second-order valence-electron chi connectivity index (χ2n) is 5.46. The van der Waals surface area contributed by atoms with E-state index >= 15 is 0 Å². The van der Waals surface area contributed by atoms with Crippen molar-refractivity contribution in [2.24, 2.45) is 5.92 Å². The van der Waals surface area contributed by atoms with Crippen LogP contribution in [0.1, 0.15) is 0 Å².